The third-order valence-corrected chi connectivity index (χ3v) is 5.11. The number of rotatable bonds is 8. The minimum absolute atomic E-state index is 0.0572. The van der Waals surface area contributed by atoms with Gasteiger partial charge >= 0.3 is 6.18 Å². The fraction of sp³-hybridized carbons (Fsp3) is 0.320. The summed E-state index contributed by atoms with van der Waals surface area (Å²) in [6, 6.07) is 10.7. The minimum Gasteiger partial charge on any atom is -0.490 e. The summed E-state index contributed by atoms with van der Waals surface area (Å²) in [7, 11) is 0. The van der Waals surface area contributed by atoms with Gasteiger partial charge in [0.25, 0.3) is 0 Å². The summed E-state index contributed by atoms with van der Waals surface area (Å²) in [5.41, 5.74) is 1.84. The zero-order chi connectivity index (χ0) is 26.8. The molecule has 4 rings (SSSR count). The van der Waals surface area contributed by atoms with E-state index in [2.05, 4.69) is 31.4 Å². The highest BCUT2D eigenvalue weighted by Gasteiger charge is 2.29. The topological polar surface area (TPSA) is 110 Å². The molecular formula is C25H24F3N7O2. The van der Waals surface area contributed by atoms with Crippen LogP contribution in [-0.2, 0) is 0 Å². The maximum absolute atomic E-state index is 12.7. The van der Waals surface area contributed by atoms with E-state index in [1.807, 2.05) is 6.92 Å². The van der Waals surface area contributed by atoms with Gasteiger partial charge < -0.3 is 14.8 Å². The quantitative estimate of drug-likeness (QED) is 0.334. The Labute approximate surface area is 210 Å². The number of nitrogens with one attached hydrogen (secondary N) is 1. The van der Waals surface area contributed by atoms with Crippen molar-refractivity contribution in [3.63, 3.8) is 0 Å². The van der Waals surface area contributed by atoms with Crippen molar-refractivity contribution in [2.75, 3.05) is 18.5 Å². The van der Waals surface area contributed by atoms with Crippen molar-refractivity contribution >= 4 is 17.2 Å². The van der Waals surface area contributed by atoms with Crippen LogP contribution in [0.3, 0.4) is 0 Å². The summed E-state index contributed by atoms with van der Waals surface area (Å²) in [6.45, 7) is 5.69. The van der Waals surface area contributed by atoms with E-state index in [0.717, 1.165) is 5.69 Å². The average molecular weight is 512 g/mol. The van der Waals surface area contributed by atoms with Crippen LogP contribution >= 0.6 is 0 Å². The third-order valence-electron chi connectivity index (χ3n) is 5.11. The zero-order valence-corrected chi connectivity index (χ0v) is 20.6. The van der Waals surface area contributed by atoms with Crippen LogP contribution in [0.25, 0.3) is 16.6 Å². The van der Waals surface area contributed by atoms with Crippen molar-refractivity contribution < 1.29 is 22.6 Å². The number of ether oxygens (including phenoxy) is 2. The SMILES string of the molecule is Cc1cc(Nc2cc3cc(-c4cc(OCC(F)(F)F)ncc4OCC(C)(C)C#N)ccn3n2)nc(C)n1. The van der Waals surface area contributed by atoms with E-state index in [4.69, 9.17) is 9.47 Å². The molecule has 0 aliphatic carbocycles. The fourth-order valence-corrected chi connectivity index (χ4v) is 3.42. The highest BCUT2D eigenvalue weighted by Crippen LogP contribution is 2.34. The molecule has 0 aliphatic rings. The van der Waals surface area contributed by atoms with Crippen LogP contribution in [0.15, 0.2) is 42.7 Å². The Bertz CT molecular complexity index is 1460. The molecule has 0 atom stereocenters. The first-order valence-corrected chi connectivity index (χ1v) is 11.2. The first kappa shape index (κ1) is 25.7. The Kier molecular flexibility index (Phi) is 6.89. The molecule has 4 aromatic rings. The number of nitriles is 1. The van der Waals surface area contributed by atoms with Crippen LogP contribution in [0.2, 0.25) is 0 Å². The Hall–Kier alpha value is -4.40. The molecule has 0 aromatic carbocycles. The van der Waals surface area contributed by atoms with Gasteiger partial charge in [0.1, 0.15) is 24.0 Å². The van der Waals surface area contributed by atoms with Crippen LogP contribution in [0.5, 0.6) is 11.6 Å². The van der Waals surface area contributed by atoms with Gasteiger partial charge in [-0.25, -0.2) is 19.5 Å². The molecule has 4 aromatic heterocycles. The number of nitrogens with zero attached hydrogens (tertiary/aromatic N) is 6. The molecule has 4 heterocycles. The smallest absolute Gasteiger partial charge is 0.422 e. The summed E-state index contributed by atoms with van der Waals surface area (Å²) >= 11 is 0. The molecule has 0 saturated heterocycles. The van der Waals surface area contributed by atoms with Crippen molar-refractivity contribution in [2.24, 2.45) is 5.41 Å². The number of aromatic nitrogens is 5. The Morgan fingerprint density at radius 2 is 1.81 bits per heavy atom. The largest absolute Gasteiger partial charge is 0.490 e. The summed E-state index contributed by atoms with van der Waals surface area (Å²) < 4.78 is 50.4. The molecular weight excluding hydrogens is 487 g/mol. The second-order valence-electron chi connectivity index (χ2n) is 9.09. The summed E-state index contributed by atoms with van der Waals surface area (Å²) in [6.07, 6.45) is -1.50. The van der Waals surface area contributed by atoms with Crippen LogP contribution in [-0.4, -0.2) is 44.0 Å². The van der Waals surface area contributed by atoms with Crippen LogP contribution in [0.1, 0.15) is 25.4 Å². The Balaban J connectivity index is 1.68. The van der Waals surface area contributed by atoms with Gasteiger partial charge in [-0.05, 0) is 45.4 Å². The molecule has 0 aliphatic heterocycles. The van der Waals surface area contributed by atoms with Gasteiger partial charge in [0.15, 0.2) is 12.4 Å². The molecule has 1 N–H and O–H groups in total. The van der Waals surface area contributed by atoms with Crippen molar-refractivity contribution in [3.8, 4) is 28.8 Å². The molecule has 192 valence electrons. The van der Waals surface area contributed by atoms with Gasteiger partial charge in [0, 0.05) is 35.7 Å². The normalized spacial score (nSPS) is 11.8. The van der Waals surface area contributed by atoms with E-state index in [-0.39, 0.29) is 12.5 Å². The van der Waals surface area contributed by atoms with Crippen molar-refractivity contribution in [2.45, 2.75) is 33.9 Å². The van der Waals surface area contributed by atoms with Crippen LogP contribution in [0, 0.1) is 30.6 Å². The second-order valence-corrected chi connectivity index (χ2v) is 9.09. The minimum atomic E-state index is -4.51. The Morgan fingerprint density at radius 1 is 1.03 bits per heavy atom. The van der Waals surface area contributed by atoms with Crippen molar-refractivity contribution in [1.29, 1.82) is 5.26 Å². The first-order valence-electron chi connectivity index (χ1n) is 11.2. The average Bonchev–Trinajstić information content (AvgIpc) is 3.22. The summed E-state index contributed by atoms with van der Waals surface area (Å²) in [4.78, 5) is 12.6. The van der Waals surface area contributed by atoms with E-state index in [1.54, 1.807) is 55.7 Å². The number of halogens is 3. The molecule has 0 spiro atoms. The third kappa shape index (κ3) is 6.63. The van der Waals surface area contributed by atoms with Gasteiger partial charge in [0.2, 0.25) is 5.88 Å². The lowest BCUT2D eigenvalue weighted by molar-refractivity contribution is -0.154. The number of pyridine rings is 2. The van der Waals surface area contributed by atoms with E-state index < -0.39 is 18.2 Å². The van der Waals surface area contributed by atoms with E-state index in [1.165, 1.54) is 12.3 Å². The standard InChI is InChI=1S/C25H24F3N7O2/c1-15-7-21(32-16(2)31-15)33-22-9-18-8-17(5-6-35(18)34-22)19-10-23(37-14-25(26,27)28)30-11-20(19)36-13-24(3,4)12-29/h5-11H,13-14H2,1-4H3,(H,31,32,33,34). The van der Waals surface area contributed by atoms with Crippen LogP contribution < -0.4 is 14.8 Å². The number of fused-ring (bicyclic) bond motifs is 1. The molecule has 0 unspecified atom stereocenters. The fourth-order valence-electron chi connectivity index (χ4n) is 3.42. The number of alkyl halides is 3. The highest BCUT2D eigenvalue weighted by atomic mass is 19.4. The molecule has 0 fully saturated rings. The Morgan fingerprint density at radius 3 is 2.51 bits per heavy atom. The molecule has 37 heavy (non-hydrogen) atoms. The van der Waals surface area contributed by atoms with Gasteiger partial charge in [0.05, 0.1) is 23.2 Å². The lowest BCUT2D eigenvalue weighted by atomic mass is 9.97. The van der Waals surface area contributed by atoms with Gasteiger partial charge in [-0.15, -0.1) is 0 Å². The molecule has 0 bridgehead atoms. The first-order chi connectivity index (χ1) is 17.4. The molecule has 0 radical (unpaired) electrons. The number of aryl methyl sites for hydroxylation is 2. The predicted molar refractivity (Wildman–Crippen MR) is 130 cm³/mol. The molecule has 9 nitrogen and oxygen atoms in total. The molecule has 12 heteroatoms. The van der Waals surface area contributed by atoms with Gasteiger partial charge in [-0.3, -0.25) is 0 Å². The maximum Gasteiger partial charge on any atom is 0.422 e. The number of anilines is 2. The monoisotopic (exact) mass is 511 g/mol. The van der Waals surface area contributed by atoms with Gasteiger partial charge in [-0.1, -0.05) is 0 Å². The number of hydrogen-bond acceptors (Lipinski definition) is 8. The van der Waals surface area contributed by atoms with E-state index in [0.29, 0.717) is 39.9 Å². The number of hydrogen-bond donors (Lipinski definition) is 1. The molecule has 0 amide bonds. The lowest BCUT2D eigenvalue weighted by Gasteiger charge is -2.19. The lowest BCUT2D eigenvalue weighted by Crippen LogP contribution is -2.20. The van der Waals surface area contributed by atoms with E-state index >= 15 is 0 Å². The predicted octanol–water partition coefficient (Wildman–Crippen LogP) is 5.42. The summed E-state index contributed by atoms with van der Waals surface area (Å²) in [5.74, 6) is 1.87. The van der Waals surface area contributed by atoms with Crippen molar-refractivity contribution in [1.82, 2.24) is 24.6 Å². The second kappa shape index (κ2) is 9.93. The zero-order valence-electron chi connectivity index (χ0n) is 20.6. The maximum atomic E-state index is 12.7. The molecule has 0 saturated carbocycles. The summed E-state index contributed by atoms with van der Waals surface area (Å²) in [5, 5.41) is 17.0. The highest BCUT2D eigenvalue weighted by molar-refractivity contribution is 5.75. The van der Waals surface area contributed by atoms with Gasteiger partial charge in [-0.2, -0.15) is 23.5 Å². The van der Waals surface area contributed by atoms with Crippen molar-refractivity contribution in [3.05, 3.63) is 54.2 Å². The van der Waals surface area contributed by atoms with E-state index in [9.17, 15) is 18.4 Å². The van der Waals surface area contributed by atoms with Crippen LogP contribution in [0.4, 0.5) is 24.8 Å².